The molecule has 5 rings (SSSR count). The Morgan fingerprint density at radius 2 is 1.85 bits per heavy atom. The molecule has 41 heavy (non-hydrogen) atoms. The fourth-order valence-electron chi connectivity index (χ4n) is 3.95. The van der Waals surface area contributed by atoms with Gasteiger partial charge >= 0.3 is 11.7 Å². The second kappa shape index (κ2) is 13.4. The highest BCUT2D eigenvalue weighted by Gasteiger charge is 2.21. The van der Waals surface area contributed by atoms with E-state index in [1.807, 2.05) is 0 Å². The van der Waals surface area contributed by atoms with E-state index in [1.54, 1.807) is 6.92 Å². The Balaban J connectivity index is 0.000000699. The van der Waals surface area contributed by atoms with Crippen LogP contribution in [0.15, 0.2) is 35.3 Å². The van der Waals surface area contributed by atoms with Crippen LogP contribution in [0, 0.1) is 11.6 Å². The molecule has 0 atom stereocenters. The van der Waals surface area contributed by atoms with E-state index in [9.17, 15) is 18.4 Å². The van der Waals surface area contributed by atoms with Gasteiger partial charge in [0.15, 0.2) is 28.8 Å². The number of esters is 1. The zero-order valence-electron chi connectivity index (χ0n) is 22.5. The van der Waals surface area contributed by atoms with Crippen LogP contribution in [-0.4, -0.2) is 59.5 Å². The van der Waals surface area contributed by atoms with E-state index in [4.69, 9.17) is 35.3 Å². The van der Waals surface area contributed by atoms with Crippen molar-refractivity contribution in [3.05, 3.63) is 69.0 Å². The summed E-state index contributed by atoms with van der Waals surface area (Å²) in [6.07, 6.45) is 3.82. The summed E-state index contributed by atoms with van der Waals surface area (Å²) in [6, 6.07) is 4.96. The van der Waals surface area contributed by atoms with Crippen LogP contribution in [0.2, 0.25) is 5.02 Å². The topological polar surface area (TPSA) is 127 Å². The number of hydrogen-bond donors (Lipinski definition) is 1. The lowest BCUT2D eigenvalue weighted by molar-refractivity contribution is 0.0512. The average molecular weight is 593 g/mol. The summed E-state index contributed by atoms with van der Waals surface area (Å²) in [7, 11) is 2.67. The summed E-state index contributed by atoms with van der Waals surface area (Å²) < 4.78 is 55.3. The maximum Gasteiger partial charge on any atom is 0.376 e. The molecule has 4 aromatic rings. The van der Waals surface area contributed by atoms with E-state index in [-0.39, 0.29) is 57.1 Å². The molecule has 2 aromatic heterocycles. The van der Waals surface area contributed by atoms with E-state index in [2.05, 4.69) is 15.0 Å². The van der Waals surface area contributed by atoms with Gasteiger partial charge in [-0.05, 0) is 31.9 Å². The predicted molar refractivity (Wildman–Crippen MR) is 144 cm³/mol. The van der Waals surface area contributed by atoms with E-state index in [0.717, 1.165) is 23.8 Å². The van der Waals surface area contributed by atoms with Crippen LogP contribution < -0.4 is 19.9 Å². The third-order valence-electron chi connectivity index (χ3n) is 5.93. The van der Waals surface area contributed by atoms with E-state index >= 15 is 0 Å². The first-order valence-corrected chi connectivity index (χ1v) is 12.9. The molecule has 1 aliphatic rings. The SMILES string of the molecule is C1CCOC1.CCOC(=O)c1ncc2[nH]c(=O)n(-c3cc(OCc4c(OC)ccc(F)c4F)c(OC)cc3Cl)c2n1. The van der Waals surface area contributed by atoms with Crippen molar-refractivity contribution in [1.82, 2.24) is 19.5 Å². The number of benzene rings is 2. The van der Waals surface area contributed by atoms with Crippen LogP contribution >= 0.6 is 11.6 Å². The summed E-state index contributed by atoms with van der Waals surface area (Å²) in [6.45, 7) is 3.32. The molecule has 0 radical (unpaired) electrons. The molecule has 1 fully saturated rings. The summed E-state index contributed by atoms with van der Waals surface area (Å²) in [5, 5.41) is 0.0769. The van der Waals surface area contributed by atoms with Crippen LogP contribution in [0.3, 0.4) is 0 Å². The molecule has 3 heterocycles. The Kier molecular flexibility index (Phi) is 9.73. The van der Waals surface area contributed by atoms with Gasteiger partial charge in [-0.15, -0.1) is 0 Å². The molecule has 0 aliphatic carbocycles. The Morgan fingerprint density at radius 1 is 1.12 bits per heavy atom. The van der Waals surface area contributed by atoms with Crippen LogP contribution in [0.4, 0.5) is 8.78 Å². The highest BCUT2D eigenvalue weighted by molar-refractivity contribution is 6.32. The van der Waals surface area contributed by atoms with Gasteiger partial charge in [-0.25, -0.2) is 32.9 Å². The van der Waals surface area contributed by atoms with Crippen LogP contribution in [0.5, 0.6) is 17.2 Å². The molecule has 218 valence electrons. The number of rotatable bonds is 8. The zero-order valence-corrected chi connectivity index (χ0v) is 23.2. The van der Waals surface area contributed by atoms with E-state index in [1.165, 1.54) is 51.5 Å². The molecular weight excluding hydrogens is 566 g/mol. The molecule has 0 bridgehead atoms. The summed E-state index contributed by atoms with van der Waals surface area (Å²) >= 11 is 6.43. The number of methoxy groups -OCH3 is 2. The number of hydrogen-bond acceptors (Lipinski definition) is 9. The Bertz CT molecular complexity index is 1600. The minimum absolute atomic E-state index is 0.0499. The quantitative estimate of drug-likeness (QED) is 0.292. The second-order valence-electron chi connectivity index (χ2n) is 8.52. The number of carbonyl (C=O) groups excluding carboxylic acids is 1. The van der Waals surface area contributed by atoms with Crippen molar-refractivity contribution in [2.45, 2.75) is 26.4 Å². The molecule has 0 spiro atoms. The normalized spacial score (nSPS) is 12.5. The first-order valence-electron chi connectivity index (χ1n) is 12.5. The molecular formula is C27H27ClF2N4O7. The number of halogens is 3. The van der Waals surface area contributed by atoms with Gasteiger partial charge in [0.05, 0.1) is 43.3 Å². The Hall–Kier alpha value is -4.23. The maximum absolute atomic E-state index is 14.4. The number of fused-ring (bicyclic) bond motifs is 1. The number of aromatic amines is 1. The van der Waals surface area contributed by atoms with Crippen LogP contribution in [-0.2, 0) is 16.1 Å². The van der Waals surface area contributed by atoms with Gasteiger partial charge in [-0.3, -0.25) is 0 Å². The van der Waals surface area contributed by atoms with Gasteiger partial charge < -0.3 is 28.7 Å². The minimum Gasteiger partial charge on any atom is -0.496 e. The average Bonchev–Trinajstić information content (AvgIpc) is 3.65. The molecule has 2 aromatic carbocycles. The standard InChI is InChI=1S/C23H19ClF2N4O6.C4H8O/c1-4-35-22(31)20-27-9-14-21(29-20)30(23(32)28-14)15-8-18(17(34-3)7-12(15)24)36-10-11-16(33-2)6-5-13(25)19(11)26;1-2-4-5-3-1/h5-9H,4,10H2,1-3H3,(H,28,32);1-4H2. The Labute approximate surface area is 237 Å². The molecule has 1 aliphatic heterocycles. The Morgan fingerprint density at radius 3 is 2.49 bits per heavy atom. The summed E-state index contributed by atoms with van der Waals surface area (Å²) in [4.78, 5) is 35.5. The second-order valence-corrected chi connectivity index (χ2v) is 8.93. The first kappa shape index (κ1) is 29.7. The van der Waals surface area contributed by atoms with Crippen molar-refractivity contribution in [1.29, 1.82) is 0 Å². The van der Waals surface area contributed by atoms with Crippen molar-refractivity contribution in [2.24, 2.45) is 0 Å². The van der Waals surface area contributed by atoms with E-state index < -0.39 is 29.9 Å². The van der Waals surface area contributed by atoms with Crippen molar-refractivity contribution >= 4 is 28.7 Å². The fraction of sp³-hybridized carbons (Fsp3) is 0.333. The lowest BCUT2D eigenvalue weighted by Crippen LogP contribution is -2.16. The monoisotopic (exact) mass is 592 g/mol. The number of ether oxygens (including phenoxy) is 5. The number of imidazole rings is 1. The van der Waals surface area contributed by atoms with Crippen molar-refractivity contribution < 1.29 is 37.3 Å². The van der Waals surface area contributed by atoms with Gasteiger partial charge in [0.2, 0.25) is 5.82 Å². The number of carbonyl (C=O) groups is 1. The molecule has 14 heteroatoms. The largest absolute Gasteiger partial charge is 0.496 e. The van der Waals surface area contributed by atoms with Crippen LogP contribution in [0.25, 0.3) is 16.9 Å². The third kappa shape index (κ3) is 6.57. The minimum atomic E-state index is -1.13. The van der Waals surface area contributed by atoms with Crippen LogP contribution in [0.1, 0.15) is 35.9 Å². The lowest BCUT2D eigenvalue weighted by Gasteiger charge is -2.16. The molecule has 0 saturated carbocycles. The molecule has 11 nitrogen and oxygen atoms in total. The number of aromatic nitrogens is 4. The number of nitrogens with one attached hydrogen (secondary N) is 1. The maximum atomic E-state index is 14.4. The van der Waals surface area contributed by atoms with Crippen molar-refractivity contribution in [2.75, 3.05) is 34.0 Å². The molecule has 1 saturated heterocycles. The highest BCUT2D eigenvalue weighted by atomic mass is 35.5. The van der Waals surface area contributed by atoms with Gasteiger partial charge in [0.1, 0.15) is 17.9 Å². The third-order valence-corrected chi connectivity index (χ3v) is 6.23. The fourth-order valence-corrected chi connectivity index (χ4v) is 4.18. The van der Waals surface area contributed by atoms with Crippen molar-refractivity contribution in [3.63, 3.8) is 0 Å². The smallest absolute Gasteiger partial charge is 0.376 e. The van der Waals surface area contributed by atoms with Gasteiger partial charge in [0, 0.05) is 25.3 Å². The van der Waals surface area contributed by atoms with Gasteiger partial charge in [0.25, 0.3) is 0 Å². The van der Waals surface area contributed by atoms with Crippen molar-refractivity contribution in [3.8, 4) is 22.9 Å². The van der Waals surface area contributed by atoms with Gasteiger partial charge in [-0.1, -0.05) is 11.6 Å². The highest BCUT2D eigenvalue weighted by Crippen LogP contribution is 2.37. The summed E-state index contributed by atoms with van der Waals surface area (Å²) in [5.74, 6) is -2.92. The molecule has 0 amide bonds. The van der Waals surface area contributed by atoms with Gasteiger partial charge in [-0.2, -0.15) is 0 Å². The van der Waals surface area contributed by atoms with E-state index in [0.29, 0.717) is 0 Å². The first-order chi connectivity index (χ1) is 19.8. The molecule has 1 N–H and O–H groups in total. The lowest BCUT2D eigenvalue weighted by atomic mass is 10.2. The number of nitrogens with zero attached hydrogens (tertiary/aromatic N) is 3. The predicted octanol–water partition coefficient (Wildman–Crippen LogP) is 4.61. The summed E-state index contributed by atoms with van der Waals surface area (Å²) in [5.41, 5.74) is -0.393. The zero-order chi connectivity index (χ0) is 29.5. The number of H-pyrrole nitrogens is 1. The molecule has 0 unspecified atom stereocenters.